The molecular formula is C18H26O. The van der Waals surface area contributed by atoms with Crippen LogP contribution in [0.4, 0.5) is 0 Å². The highest BCUT2D eigenvalue weighted by Gasteiger charge is 1.96. The largest absolute Gasteiger partial charge is 0.497 e. The number of allylic oxidation sites excluding steroid dienone is 3. The third-order valence-corrected chi connectivity index (χ3v) is 3.23. The second kappa shape index (κ2) is 8.58. The fraction of sp³-hybridized carbons (Fsp3) is 0.444. The molecule has 19 heavy (non-hydrogen) atoms. The molecule has 0 fully saturated rings. The molecule has 1 aromatic rings. The molecule has 0 aliphatic heterocycles. The van der Waals surface area contributed by atoms with E-state index < -0.39 is 0 Å². The lowest BCUT2D eigenvalue weighted by Gasteiger charge is -2.04. The molecule has 1 rings (SSSR count). The molecule has 104 valence electrons. The maximum absolute atomic E-state index is 5.23. The molecule has 0 N–H and O–H groups in total. The second-order valence-electron chi connectivity index (χ2n) is 5.25. The van der Waals surface area contributed by atoms with Crippen LogP contribution < -0.4 is 4.74 Å². The fourth-order valence-corrected chi connectivity index (χ4v) is 2.08. The van der Waals surface area contributed by atoms with Gasteiger partial charge in [0.05, 0.1) is 7.11 Å². The summed E-state index contributed by atoms with van der Waals surface area (Å²) < 4.78 is 5.23. The average Bonchev–Trinajstić information content (AvgIpc) is 2.38. The minimum atomic E-state index is 0.944. The van der Waals surface area contributed by atoms with E-state index in [0.717, 1.165) is 25.0 Å². The lowest BCUT2D eigenvalue weighted by molar-refractivity contribution is 0.414. The van der Waals surface area contributed by atoms with Crippen LogP contribution in [0, 0.1) is 0 Å². The molecule has 0 amide bonds. The topological polar surface area (TPSA) is 9.23 Å². The minimum Gasteiger partial charge on any atom is -0.497 e. The van der Waals surface area contributed by atoms with Gasteiger partial charge in [-0.05, 0) is 63.6 Å². The van der Waals surface area contributed by atoms with E-state index in [1.165, 1.54) is 29.6 Å². The molecule has 0 unspecified atom stereocenters. The van der Waals surface area contributed by atoms with Crippen molar-refractivity contribution in [1.82, 2.24) is 0 Å². The summed E-state index contributed by atoms with van der Waals surface area (Å²) in [6, 6.07) is 8.32. The summed E-state index contributed by atoms with van der Waals surface area (Å²) in [5, 5.41) is 0. The van der Waals surface area contributed by atoms with Crippen molar-refractivity contribution in [2.75, 3.05) is 7.11 Å². The van der Waals surface area contributed by atoms with Gasteiger partial charge in [-0.2, -0.15) is 0 Å². The summed E-state index contributed by atoms with van der Waals surface area (Å²) in [4.78, 5) is 0. The van der Waals surface area contributed by atoms with E-state index in [2.05, 4.69) is 44.7 Å². The van der Waals surface area contributed by atoms with Gasteiger partial charge in [0.1, 0.15) is 5.75 Å². The normalized spacial score (nSPS) is 11.4. The Morgan fingerprint density at radius 3 is 2.74 bits per heavy atom. The summed E-state index contributed by atoms with van der Waals surface area (Å²) in [7, 11) is 1.71. The first kappa shape index (κ1) is 15.6. The van der Waals surface area contributed by atoms with Crippen LogP contribution >= 0.6 is 0 Å². The van der Waals surface area contributed by atoms with Crippen molar-refractivity contribution < 1.29 is 4.74 Å². The molecule has 0 radical (unpaired) electrons. The molecule has 0 bridgehead atoms. The maximum Gasteiger partial charge on any atom is 0.119 e. The van der Waals surface area contributed by atoms with E-state index in [1.807, 2.05) is 6.07 Å². The summed E-state index contributed by atoms with van der Waals surface area (Å²) in [6.45, 7) is 8.26. The van der Waals surface area contributed by atoms with Crippen LogP contribution in [0.1, 0.15) is 45.1 Å². The molecule has 0 aromatic heterocycles. The Morgan fingerprint density at radius 1 is 1.26 bits per heavy atom. The molecule has 0 saturated heterocycles. The van der Waals surface area contributed by atoms with Crippen molar-refractivity contribution in [2.45, 2.75) is 46.0 Å². The number of hydrogen-bond donors (Lipinski definition) is 0. The van der Waals surface area contributed by atoms with Gasteiger partial charge in [0.2, 0.25) is 0 Å². The first-order valence-electron chi connectivity index (χ1n) is 7.04. The van der Waals surface area contributed by atoms with Gasteiger partial charge < -0.3 is 4.74 Å². The highest BCUT2D eigenvalue weighted by Crippen LogP contribution is 2.15. The van der Waals surface area contributed by atoms with E-state index >= 15 is 0 Å². The monoisotopic (exact) mass is 258 g/mol. The summed E-state index contributed by atoms with van der Waals surface area (Å²) >= 11 is 0. The van der Waals surface area contributed by atoms with Crippen molar-refractivity contribution in [3.8, 4) is 5.75 Å². The zero-order valence-electron chi connectivity index (χ0n) is 12.5. The van der Waals surface area contributed by atoms with Gasteiger partial charge in [0.25, 0.3) is 0 Å². The van der Waals surface area contributed by atoms with Crippen molar-refractivity contribution in [1.29, 1.82) is 0 Å². The summed E-state index contributed by atoms with van der Waals surface area (Å²) in [6.07, 6.45) is 8.09. The van der Waals surface area contributed by atoms with Gasteiger partial charge >= 0.3 is 0 Å². The van der Waals surface area contributed by atoms with Crippen LogP contribution in [0.3, 0.4) is 0 Å². The highest BCUT2D eigenvalue weighted by atomic mass is 16.5. The Kier molecular flexibility index (Phi) is 7.02. The quantitative estimate of drug-likeness (QED) is 0.573. The van der Waals surface area contributed by atoms with E-state index in [9.17, 15) is 0 Å². The van der Waals surface area contributed by atoms with Gasteiger partial charge in [-0.1, -0.05) is 29.4 Å². The number of hydrogen-bond acceptors (Lipinski definition) is 1. The van der Waals surface area contributed by atoms with E-state index in [4.69, 9.17) is 4.74 Å². The number of rotatable bonds is 8. The number of aryl methyl sites for hydroxylation is 1. The van der Waals surface area contributed by atoms with Crippen LogP contribution in [0.25, 0.3) is 0 Å². The molecule has 0 atom stereocenters. The third kappa shape index (κ3) is 6.85. The lowest BCUT2D eigenvalue weighted by atomic mass is 10.0. The van der Waals surface area contributed by atoms with Crippen LogP contribution in [-0.2, 0) is 6.42 Å². The SMILES string of the molecule is C=C(C)CCC/C(C)=C/CCc1cccc(OC)c1. The maximum atomic E-state index is 5.23. The van der Waals surface area contributed by atoms with Gasteiger partial charge in [0, 0.05) is 0 Å². The van der Waals surface area contributed by atoms with E-state index in [1.54, 1.807) is 7.11 Å². The average molecular weight is 258 g/mol. The van der Waals surface area contributed by atoms with Gasteiger partial charge in [0.15, 0.2) is 0 Å². The van der Waals surface area contributed by atoms with Crippen LogP contribution in [0.2, 0.25) is 0 Å². The predicted octanol–water partition coefficient (Wildman–Crippen LogP) is 5.32. The molecular weight excluding hydrogens is 232 g/mol. The molecule has 0 aliphatic rings. The molecule has 1 nitrogen and oxygen atoms in total. The van der Waals surface area contributed by atoms with Crippen molar-refractivity contribution in [2.24, 2.45) is 0 Å². The molecule has 1 aromatic carbocycles. The Balaban J connectivity index is 2.33. The molecule has 0 heterocycles. The summed E-state index contributed by atoms with van der Waals surface area (Å²) in [5.74, 6) is 0.944. The Morgan fingerprint density at radius 2 is 2.05 bits per heavy atom. The lowest BCUT2D eigenvalue weighted by Crippen LogP contribution is -1.88. The van der Waals surface area contributed by atoms with Crippen LogP contribution in [0.15, 0.2) is 48.1 Å². The van der Waals surface area contributed by atoms with E-state index in [-0.39, 0.29) is 0 Å². The predicted molar refractivity (Wildman–Crippen MR) is 83.7 cm³/mol. The zero-order valence-corrected chi connectivity index (χ0v) is 12.5. The van der Waals surface area contributed by atoms with Gasteiger partial charge in [-0.25, -0.2) is 0 Å². The number of methoxy groups -OCH3 is 1. The van der Waals surface area contributed by atoms with Crippen molar-refractivity contribution in [3.05, 3.63) is 53.6 Å². The van der Waals surface area contributed by atoms with Crippen LogP contribution in [-0.4, -0.2) is 7.11 Å². The van der Waals surface area contributed by atoms with Gasteiger partial charge in [-0.3, -0.25) is 0 Å². The Bertz CT molecular complexity index is 429. The molecule has 1 heteroatoms. The second-order valence-corrected chi connectivity index (χ2v) is 5.25. The van der Waals surface area contributed by atoms with Crippen molar-refractivity contribution >= 4 is 0 Å². The number of benzene rings is 1. The van der Waals surface area contributed by atoms with Gasteiger partial charge in [-0.15, -0.1) is 6.58 Å². The highest BCUT2D eigenvalue weighted by molar-refractivity contribution is 5.28. The Labute approximate surface area is 118 Å². The third-order valence-electron chi connectivity index (χ3n) is 3.23. The first-order chi connectivity index (χ1) is 9.11. The smallest absolute Gasteiger partial charge is 0.119 e. The fourth-order valence-electron chi connectivity index (χ4n) is 2.08. The van der Waals surface area contributed by atoms with Crippen molar-refractivity contribution in [3.63, 3.8) is 0 Å². The molecule has 0 spiro atoms. The zero-order chi connectivity index (χ0) is 14.1. The van der Waals surface area contributed by atoms with Crippen LogP contribution in [0.5, 0.6) is 5.75 Å². The Hall–Kier alpha value is -1.50. The standard InChI is InChI=1S/C18H26O/c1-15(2)8-5-9-16(3)10-6-11-17-12-7-13-18(14-17)19-4/h7,10,12-14H,1,5-6,8-9,11H2,2-4H3/b16-10+. The molecule has 0 aliphatic carbocycles. The molecule has 0 saturated carbocycles. The number of ether oxygens (including phenoxy) is 1. The minimum absolute atomic E-state index is 0.944. The summed E-state index contributed by atoms with van der Waals surface area (Å²) in [5.41, 5.74) is 4.11. The first-order valence-corrected chi connectivity index (χ1v) is 7.04. The van der Waals surface area contributed by atoms with E-state index in [0.29, 0.717) is 0 Å².